The van der Waals surface area contributed by atoms with Crippen LogP contribution in [0.4, 0.5) is 5.69 Å². The number of sulfonamides is 1. The second-order valence-corrected chi connectivity index (χ2v) is 9.14. The van der Waals surface area contributed by atoms with Crippen LogP contribution in [0, 0.1) is 13.8 Å². The minimum Gasteiger partial charge on any atom is -0.338 e. The Kier molecular flexibility index (Phi) is 6.38. The third kappa shape index (κ3) is 4.67. The highest BCUT2D eigenvalue weighted by molar-refractivity contribution is 7.92. The van der Waals surface area contributed by atoms with Gasteiger partial charge in [-0.25, -0.2) is 8.42 Å². The van der Waals surface area contributed by atoms with Gasteiger partial charge < -0.3 is 4.90 Å². The fourth-order valence-corrected chi connectivity index (χ4v) is 4.95. The largest absolute Gasteiger partial charge is 0.338 e. The summed E-state index contributed by atoms with van der Waals surface area (Å²) in [6.45, 7) is 6.25. The van der Waals surface area contributed by atoms with Gasteiger partial charge in [0.2, 0.25) is 15.9 Å². The summed E-state index contributed by atoms with van der Waals surface area (Å²) in [5.74, 6) is -0.159. The van der Waals surface area contributed by atoms with E-state index in [0.29, 0.717) is 17.3 Å². The van der Waals surface area contributed by atoms with Crippen LogP contribution >= 0.6 is 11.6 Å². The van der Waals surface area contributed by atoms with Crippen molar-refractivity contribution in [3.05, 3.63) is 28.3 Å². The molecule has 0 spiro atoms. The van der Waals surface area contributed by atoms with Gasteiger partial charge >= 0.3 is 0 Å². The van der Waals surface area contributed by atoms with Crippen molar-refractivity contribution in [2.75, 3.05) is 23.7 Å². The minimum absolute atomic E-state index is 0.159. The first kappa shape index (κ1) is 20.0. The van der Waals surface area contributed by atoms with Gasteiger partial charge in [0.1, 0.15) is 6.54 Å². The van der Waals surface area contributed by atoms with E-state index in [1.165, 1.54) is 0 Å². The molecule has 0 radical (unpaired) electrons. The molecule has 7 heteroatoms. The van der Waals surface area contributed by atoms with Crippen molar-refractivity contribution in [1.29, 1.82) is 0 Å². The topological polar surface area (TPSA) is 57.7 Å². The quantitative estimate of drug-likeness (QED) is 0.777. The number of rotatable bonds is 5. The average Bonchev–Trinajstić information content (AvgIpc) is 2.51. The number of hydrogen-bond acceptors (Lipinski definition) is 3. The normalized spacial score (nSPS) is 18.3. The van der Waals surface area contributed by atoms with Crippen molar-refractivity contribution in [2.24, 2.45) is 0 Å². The van der Waals surface area contributed by atoms with Gasteiger partial charge in [-0.3, -0.25) is 9.10 Å². The van der Waals surface area contributed by atoms with E-state index in [1.54, 1.807) is 6.07 Å². The second kappa shape index (κ2) is 7.96. The molecule has 0 aromatic heterocycles. The summed E-state index contributed by atoms with van der Waals surface area (Å²) in [7, 11) is -3.63. The molecule has 1 saturated heterocycles. The number of piperidine rings is 1. The highest BCUT2D eigenvalue weighted by Gasteiger charge is 2.30. The Bertz CT molecular complexity index is 726. The van der Waals surface area contributed by atoms with Crippen LogP contribution in [0.25, 0.3) is 0 Å². The molecule has 25 heavy (non-hydrogen) atoms. The molecule has 1 aromatic rings. The van der Waals surface area contributed by atoms with Crippen LogP contribution in [0.5, 0.6) is 0 Å². The molecule has 1 heterocycles. The van der Waals surface area contributed by atoms with Gasteiger partial charge in [0, 0.05) is 12.6 Å². The molecule has 2 rings (SSSR count). The number of hydrogen-bond donors (Lipinski definition) is 0. The zero-order valence-corrected chi connectivity index (χ0v) is 17.0. The van der Waals surface area contributed by atoms with Crippen LogP contribution in [-0.2, 0) is 14.8 Å². The molecule has 1 atom stereocenters. The number of amides is 1. The van der Waals surface area contributed by atoms with E-state index in [9.17, 15) is 13.2 Å². The molecule has 1 aromatic carbocycles. The maximum absolute atomic E-state index is 12.9. The van der Waals surface area contributed by atoms with E-state index in [1.807, 2.05) is 24.8 Å². The Balaban J connectivity index is 2.36. The first-order valence-corrected chi connectivity index (χ1v) is 10.9. The van der Waals surface area contributed by atoms with Crippen LogP contribution in [0.1, 0.15) is 43.7 Å². The van der Waals surface area contributed by atoms with E-state index in [0.717, 1.165) is 47.4 Å². The molecule has 1 aliphatic heterocycles. The summed E-state index contributed by atoms with van der Waals surface area (Å²) in [6.07, 6.45) is 5.05. The van der Waals surface area contributed by atoms with Crippen molar-refractivity contribution in [2.45, 2.75) is 52.5 Å². The number of carbonyl (C=O) groups excluding carboxylic acids is 1. The van der Waals surface area contributed by atoms with E-state index >= 15 is 0 Å². The Hall–Kier alpha value is -1.27. The van der Waals surface area contributed by atoms with Crippen molar-refractivity contribution in [1.82, 2.24) is 4.90 Å². The zero-order chi connectivity index (χ0) is 18.8. The van der Waals surface area contributed by atoms with Gasteiger partial charge in [-0.15, -0.1) is 0 Å². The molecule has 1 fully saturated rings. The first-order valence-electron chi connectivity index (χ1n) is 8.69. The molecular weight excluding hydrogens is 360 g/mol. The first-order chi connectivity index (χ1) is 11.6. The summed E-state index contributed by atoms with van der Waals surface area (Å²) >= 11 is 6.33. The number of aryl methyl sites for hydroxylation is 2. The number of benzene rings is 1. The summed E-state index contributed by atoms with van der Waals surface area (Å²) < 4.78 is 25.9. The van der Waals surface area contributed by atoms with E-state index in [-0.39, 0.29) is 18.5 Å². The summed E-state index contributed by atoms with van der Waals surface area (Å²) in [6, 6.07) is 3.79. The Morgan fingerprint density at radius 2 is 2.00 bits per heavy atom. The van der Waals surface area contributed by atoms with Gasteiger partial charge in [-0.05, 0) is 56.7 Å². The van der Waals surface area contributed by atoms with E-state index < -0.39 is 10.0 Å². The lowest BCUT2D eigenvalue weighted by Gasteiger charge is -2.37. The Morgan fingerprint density at radius 1 is 1.32 bits per heavy atom. The summed E-state index contributed by atoms with van der Waals surface area (Å²) in [4.78, 5) is 14.7. The minimum atomic E-state index is -3.63. The average molecular weight is 387 g/mol. The zero-order valence-electron chi connectivity index (χ0n) is 15.4. The van der Waals surface area contributed by atoms with Gasteiger partial charge in [0.05, 0.1) is 17.0 Å². The lowest BCUT2D eigenvalue weighted by molar-refractivity contribution is -0.133. The Labute approximate surface area is 156 Å². The maximum Gasteiger partial charge on any atom is 0.243 e. The molecule has 0 saturated carbocycles. The van der Waals surface area contributed by atoms with Gasteiger partial charge in [-0.2, -0.15) is 0 Å². The highest BCUT2D eigenvalue weighted by Crippen LogP contribution is 2.33. The molecule has 1 amide bonds. The van der Waals surface area contributed by atoms with Crippen LogP contribution in [-0.4, -0.2) is 44.6 Å². The second-order valence-electron chi connectivity index (χ2n) is 6.83. The number of halogens is 1. The molecule has 1 unspecified atom stereocenters. The van der Waals surface area contributed by atoms with Crippen molar-refractivity contribution in [3.8, 4) is 0 Å². The number of likely N-dealkylation sites (tertiary alicyclic amines) is 1. The Morgan fingerprint density at radius 3 is 2.56 bits per heavy atom. The van der Waals surface area contributed by atoms with Crippen molar-refractivity contribution in [3.63, 3.8) is 0 Å². The van der Waals surface area contributed by atoms with Gasteiger partial charge in [0.15, 0.2) is 0 Å². The molecule has 0 N–H and O–H groups in total. The van der Waals surface area contributed by atoms with Crippen molar-refractivity contribution < 1.29 is 13.2 Å². The summed E-state index contributed by atoms with van der Waals surface area (Å²) in [5.41, 5.74) is 2.09. The molecule has 1 aliphatic rings. The molecule has 140 valence electrons. The molecular formula is C18H27ClN2O3S. The van der Waals surface area contributed by atoms with Crippen LogP contribution < -0.4 is 4.31 Å². The number of anilines is 1. The van der Waals surface area contributed by atoms with E-state index in [4.69, 9.17) is 11.6 Å². The third-order valence-electron chi connectivity index (χ3n) is 4.75. The van der Waals surface area contributed by atoms with Crippen LogP contribution in [0.3, 0.4) is 0 Å². The fraction of sp³-hybridized carbons (Fsp3) is 0.611. The van der Waals surface area contributed by atoms with Gasteiger partial charge in [0.25, 0.3) is 0 Å². The highest BCUT2D eigenvalue weighted by atomic mass is 35.5. The van der Waals surface area contributed by atoms with E-state index in [2.05, 4.69) is 6.92 Å². The maximum atomic E-state index is 12.9. The third-order valence-corrected chi connectivity index (χ3v) is 6.15. The fourth-order valence-electron chi connectivity index (χ4n) is 3.55. The lowest BCUT2D eigenvalue weighted by Crippen LogP contribution is -2.49. The summed E-state index contributed by atoms with van der Waals surface area (Å²) in [5, 5.41) is 0.349. The molecule has 0 bridgehead atoms. The monoisotopic (exact) mass is 386 g/mol. The van der Waals surface area contributed by atoms with Crippen LogP contribution in [0.15, 0.2) is 12.1 Å². The van der Waals surface area contributed by atoms with Crippen LogP contribution in [0.2, 0.25) is 5.02 Å². The van der Waals surface area contributed by atoms with Crippen molar-refractivity contribution >= 4 is 33.2 Å². The standard InChI is InChI=1S/C18H27ClN2O3S/c1-5-15-8-6-7-9-20(15)17(22)12-21(25(4,23)24)18-14(3)10-13(2)11-16(18)19/h10-11,15H,5-9,12H2,1-4H3. The predicted molar refractivity (Wildman–Crippen MR) is 103 cm³/mol. The molecule has 0 aliphatic carbocycles. The molecule has 5 nitrogen and oxygen atoms in total. The SMILES string of the molecule is CCC1CCCCN1C(=O)CN(c1c(C)cc(C)cc1Cl)S(C)(=O)=O. The lowest BCUT2D eigenvalue weighted by atomic mass is 10.00. The predicted octanol–water partition coefficient (Wildman–Crippen LogP) is 3.51. The number of carbonyl (C=O) groups is 1. The number of nitrogens with zero attached hydrogens (tertiary/aromatic N) is 2. The smallest absolute Gasteiger partial charge is 0.243 e. The van der Waals surface area contributed by atoms with Gasteiger partial charge in [-0.1, -0.05) is 24.6 Å².